The molecule has 0 saturated heterocycles. The second-order valence-electron chi connectivity index (χ2n) is 4.58. The van der Waals surface area contributed by atoms with E-state index in [0.29, 0.717) is 0 Å². The van der Waals surface area contributed by atoms with Gasteiger partial charge in [0.25, 0.3) is 0 Å². The van der Waals surface area contributed by atoms with E-state index in [0.717, 1.165) is 32.9 Å². The van der Waals surface area contributed by atoms with Gasteiger partial charge in [-0.3, -0.25) is 9.89 Å². The Bertz CT molecular complexity index is 750. The van der Waals surface area contributed by atoms with Crippen molar-refractivity contribution in [1.82, 2.24) is 15.2 Å². The summed E-state index contributed by atoms with van der Waals surface area (Å²) in [6.45, 7) is 1.50. The average Bonchev–Trinajstić information content (AvgIpc) is 3.17. The molecule has 1 amide bonds. The zero-order valence-electron chi connectivity index (χ0n) is 11.9. The molecule has 1 aromatic carbocycles. The standard InChI is InChI=1S/C15H14N4OS2/c1-10(20)16-11-4-6-12(7-5-11)22-9-14-17-15(19-18-14)13-3-2-8-21-13/h2-8H,9H2,1H3,(H,16,20)(H,17,18,19). The van der Waals surface area contributed by atoms with Gasteiger partial charge in [-0.2, -0.15) is 5.10 Å². The summed E-state index contributed by atoms with van der Waals surface area (Å²) in [5.74, 6) is 2.24. The first-order valence-corrected chi connectivity index (χ1v) is 8.53. The highest BCUT2D eigenvalue weighted by atomic mass is 32.2. The molecule has 0 unspecified atom stereocenters. The highest BCUT2D eigenvalue weighted by Crippen LogP contribution is 2.25. The first-order valence-electron chi connectivity index (χ1n) is 6.66. The SMILES string of the molecule is CC(=O)Nc1ccc(SCc2nc(-c3cccs3)n[nH]2)cc1. The zero-order valence-corrected chi connectivity index (χ0v) is 13.5. The number of aromatic amines is 1. The van der Waals surface area contributed by atoms with Crippen LogP contribution in [0.3, 0.4) is 0 Å². The molecule has 5 nitrogen and oxygen atoms in total. The maximum atomic E-state index is 11.0. The minimum absolute atomic E-state index is 0.0665. The molecule has 0 bridgehead atoms. The van der Waals surface area contributed by atoms with Crippen LogP contribution in [-0.4, -0.2) is 21.1 Å². The molecule has 22 heavy (non-hydrogen) atoms. The Balaban J connectivity index is 1.59. The van der Waals surface area contributed by atoms with Crippen molar-refractivity contribution in [2.45, 2.75) is 17.6 Å². The molecule has 0 atom stereocenters. The van der Waals surface area contributed by atoms with Crippen molar-refractivity contribution < 1.29 is 4.79 Å². The molecule has 0 aliphatic heterocycles. The Labute approximate surface area is 136 Å². The lowest BCUT2D eigenvalue weighted by Crippen LogP contribution is -2.05. The third kappa shape index (κ3) is 3.75. The second kappa shape index (κ2) is 6.76. The van der Waals surface area contributed by atoms with Crippen molar-refractivity contribution in [2.24, 2.45) is 0 Å². The highest BCUT2D eigenvalue weighted by molar-refractivity contribution is 7.98. The summed E-state index contributed by atoms with van der Waals surface area (Å²) in [7, 11) is 0. The molecule has 7 heteroatoms. The number of amides is 1. The molecule has 2 N–H and O–H groups in total. The summed E-state index contributed by atoms with van der Waals surface area (Å²) >= 11 is 3.29. The van der Waals surface area contributed by atoms with E-state index in [2.05, 4.69) is 20.5 Å². The molecule has 3 rings (SSSR count). The number of carbonyl (C=O) groups excluding carboxylic acids is 1. The number of hydrogen-bond donors (Lipinski definition) is 2. The van der Waals surface area contributed by atoms with Crippen LogP contribution in [0.15, 0.2) is 46.7 Å². The fraction of sp³-hybridized carbons (Fsp3) is 0.133. The van der Waals surface area contributed by atoms with E-state index < -0.39 is 0 Å². The summed E-state index contributed by atoms with van der Waals surface area (Å²) in [6, 6.07) is 11.7. The van der Waals surface area contributed by atoms with Gasteiger partial charge in [-0.05, 0) is 35.7 Å². The summed E-state index contributed by atoms with van der Waals surface area (Å²) in [5, 5.41) is 12.0. The summed E-state index contributed by atoms with van der Waals surface area (Å²) in [5.41, 5.74) is 0.802. The summed E-state index contributed by atoms with van der Waals surface area (Å²) < 4.78 is 0. The molecular formula is C15H14N4OS2. The van der Waals surface area contributed by atoms with Gasteiger partial charge in [-0.25, -0.2) is 4.98 Å². The summed E-state index contributed by atoms with van der Waals surface area (Å²) in [4.78, 5) is 17.6. The van der Waals surface area contributed by atoms with Crippen LogP contribution in [0.4, 0.5) is 5.69 Å². The Morgan fingerprint density at radius 1 is 1.32 bits per heavy atom. The quantitative estimate of drug-likeness (QED) is 0.698. The molecule has 2 heterocycles. The van der Waals surface area contributed by atoms with E-state index >= 15 is 0 Å². The van der Waals surface area contributed by atoms with Gasteiger partial charge in [-0.15, -0.1) is 23.1 Å². The van der Waals surface area contributed by atoms with E-state index in [4.69, 9.17) is 0 Å². The number of benzene rings is 1. The fourth-order valence-corrected chi connectivity index (χ4v) is 3.28. The van der Waals surface area contributed by atoms with Gasteiger partial charge in [0, 0.05) is 17.5 Å². The lowest BCUT2D eigenvalue weighted by molar-refractivity contribution is -0.114. The molecule has 0 saturated carbocycles. The molecule has 0 aliphatic rings. The van der Waals surface area contributed by atoms with Crippen molar-refractivity contribution in [3.8, 4) is 10.7 Å². The molecule has 0 aliphatic carbocycles. The number of anilines is 1. The van der Waals surface area contributed by atoms with Crippen LogP contribution in [0, 0.1) is 0 Å². The predicted octanol–water partition coefficient (Wildman–Crippen LogP) is 3.78. The third-order valence-corrected chi connectivity index (χ3v) is 4.71. The van der Waals surface area contributed by atoms with Crippen LogP contribution in [0.2, 0.25) is 0 Å². The van der Waals surface area contributed by atoms with Crippen molar-refractivity contribution >= 4 is 34.7 Å². The molecular weight excluding hydrogens is 316 g/mol. The Kier molecular flexibility index (Phi) is 4.55. The van der Waals surface area contributed by atoms with Crippen molar-refractivity contribution in [2.75, 3.05) is 5.32 Å². The predicted molar refractivity (Wildman–Crippen MR) is 90.0 cm³/mol. The molecule has 3 aromatic rings. The van der Waals surface area contributed by atoms with Crippen molar-refractivity contribution in [3.63, 3.8) is 0 Å². The number of thioether (sulfide) groups is 1. The second-order valence-corrected chi connectivity index (χ2v) is 6.57. The monoisotopic (exact) mass is 330 g/mol. The Morgan fingerprint density at radius 2 is 2.14 bits per heavy atom. The lowest BCUT2D eigenvalue weighted by Gasteiger charge is -2.03. The molecule has 2 aromatic heterocycles. The van der Waals surface area contributed by atoms with Gasteiger partial charge in [-0.1, -0.05) is 6.07 Å². The maximum absolute atomic E-state index is 11.0. The topological polar surface area (TPSA) is 70.7 Å². The van der Waals surface area contributed by atoms with Crippen LogP contribution in [0.5, 0.6) is 0 Å². The number of thiophene rings is 1. The molecule has 0 radical (unpaired) electrons. The highest BCUT2D eigenvalue weighted by Gasteiger charge is 2.07. The average molecular weight is 330 g/mol. The zero-order chi connectivity index (χ0) is 15.4. The molecule has 112 valence electrons. The largest absolute Gasteiger partial charge is 0.326 e. The van der Waals surface area contributed by atoms with Gasteiger partial charge >= 0.3 is 0 Å². The number of aromatic nitrogens is 3. The maximum Gasteiger partial charge on any atom is 0.221 e. The first-order chi connectivity index (χ1) is 10.7. The van der Waals surface area contributed by atoms with Gasteiger partial charge in [0.05, 0.1) is 10.6 Å². The van der Waals surface area contributed by atoms with Crippen LogP contribution in [-0.2, 0) is 10.5 Å². The van der Waals surface area contributed by atoms with Gasteiger partial charge in [0.1, 0.15) is 5.82 Å². The van der Waals surface area contributed by atoms with E-state index in [1.54, 1.807) is 23.1 Å². The van der Waals surface area contributed by atoms with E-state index in [9.17, 15) is 4.79 Å². The van der Waals surface area contributed by atoms with Gasteiger partial charge in [0.15, 0.2) is 5.82 Å². The Hall–Kier alpha value is -2.12. The van der Waals surface area contributed by atoms with Crippen LogP contribution in [0.25, 0.3) is 10.7 Å². The lowest BCUT2D eigenvalue weighted by atomic mass is 10.3. The number of nitrogens with one attached hydrogen (secondary N) is 2. The first kappa shape index (κ1) is 14.8. The fourth-order valence-electron chi connectivity index (χ4n) is 1.87. The van der Waals surface area contributed by atoms with Gasteiger partial charge < -0.3 is 5.32 Å². The van der Waals surface area contributed by atoms with Crippen LogP contribution in [0.1, 0.15) is 12.7 Å². The van der Waals surface area contributed by atoms with E-state index in [1.807, 2.05) is 41.8 Å². The minimum Gasteiger partial charge on any atom is -0.326 e. The number of nitrogens with zero attached hydrogens (tertiary/aromatic N) is 2. The smallest absolute Gasteiger partial charge is 0.221 e. The molecule has 0 spiro atoms. The minimum atomic E-state index is -0.0665. The normalized spacial score (nSPS) is 10.6. The third-order valence-electron chi connectivity index (χ3n) is 2.82. The van der Waals surface area contributed by atoms with Crippen molar-refractivity contribution in [3.05, 3.63) is 47.6 Å². The van der Waals surface area contributed by atoms with E-state index in [1.165, 1.54) is 6.92 Å². The van der Waals surface area contributed by atoms with Gasteiger partial charge in [0.2, 0.25) is 5.91 Å². The van der Waals surface area contributed by atoms with Crippen molar-refractivity contribution in [1.29, 1.82) is 0 Å². The van der Waals surface area contributed by atoms with Crippen LogP contribution >= 0.6 is 23.1 Å². The Morgan fingerprint density at radius 3 is 2.82 bits per heavy atom. The number of H-pyrrole nitrogens is 1. The van der Waals surface area contributed by atoms with E-state index in [-0.39, 0.29) is 5.91 Å². The number of hydrogen-bond acceptors (Lipinski definition) is 5. The van der Waals surface area contributed by atoms with Crippen LogP contribution < -0.4 is 5.32 Å². The summed E-state index contributed by atoms with van der Waals surface area (Å²) in [6.07, 6.45) is 0. The number of carbonyl (C=O) groups is 1. The number of rotatable bonds is 5. The molecule has 0 fully saturated rings.